The molecule has 1 aliphatic heterocycles. The van der Waals surface area contributed by atoms with Crippen LogP contribution in [0.25, 0.3) is 0 Å². The van der Waals surface area contributed by atoms with Crippen LogP contribution in [0.3, 0.4) is 0 Å². The zero-order valence-electron chi connectivity index (χ0n) is 9.09. The Hall–Kier alpha value is -0.950. The van der Waals surface area contributed by atoms with Crippen LogP contribution < -0.4 is 5.73 Å². The van der Waals surface area contributed by atoms with Crippen LogP contribution in [0.15, 0.2) is 4.52 Å². The van der Waals surface area contributed by atoms with Gasteiger partial charge in [0, 0.05) is 0 Å². The molecule has 0 spiro atoms. The fourth-order valence-electron chi connectivity index (χ4n) is 1.81. The van der Waals surface area contributed by atoms with Crippen molar-refractivity contribution in [3.8, 4) is 0 Å². The molecule has 1 saturated heterocycles. The standard InChI is InChI=1S/C9H15N3O3S/c1-6(10)9-11-8(12-15-9)7-4-2-3-5-16(7,13)14/h6-7H,2-5,10H2,1H3. The van der Waals surface area contributed by atoms with E-state index in [0.29, 0.717) is 6.42 Å². The summed E-state index contributed by atoms with van der Waals surface area (Å²) in [7, 11) is -3.11. The monoisotopic (exact) mass is 245 g/mol. The molecule has 0 amide bonds. The Morgan fingerprint density at radius 3 is 2.81 bits per heavy atom. The normalized spacial score (nSPS) is 26.5. The van der Waals surface area contributed by atoms with Crippen LogP contribution in [-0.4, -0.2) is 24.3 Å². The maximum Gasteiger partial charge on any atom is 0.243 e. The molecule has 6 nitrogen and oxygen atoms in total. The van der Waals surface area contributed by atoms with Crippen molar-refractivity contribution >= 4 is 9.84 Å². The predicted octanol–water partition coefficient (Wildman–Crippen LogP) is 0.729. The first-order valence-electron chi connectivity index (χ1n) is 5.31. The summed E-state index contributed by atoms with van der Waals surface area (Å²) >= 11 is 0. The number of hydrogen-bond acceptors (Lipinski definition) is 6. The lowest BCUT2D eigenvalue weighted by Crippen LogP contribution is -2.22. The lowest BCUT2D eigenvalue weighted by Gasteiger charge is -2.18. The number of nitrogens with two attached hydrogens (primary N) is 1. The van der Waals surface area contributed by atoms with Crippen molar-refractivity contribution in [1.29, 1.82) is 0 Å². The molecule has 0 radical (unpaired) electrons. The minimum Gasteiger partial charge on any atom is -0.338 e. The topological polar surface area (TPSA) is 99.1 Å². The number of aromatic nitrogens is 2. The summed E-state index contributed by atoms with van der Waals surface area (Å²) in [6, 6.07) is -0.368. The van der Waals surface area contributed by atoms with Gasteiger partial charge < -0.3 is 10.3 Å². The maximum absolute atomic E-state index is 11.8. The third-order valence-electron chi connectivity index (χ3n) is 2.71. The Labute approximate surface area is 94.1 Å². The molecule has 2 unspecified atom stereocenters. The Bertz CT molecular complexity index is 466. The van der Waals surface area contributed by atoms with Gasteiger partial charge in [0.15, 0.2) is 15.7 Å². The smallest absolute Gasteiger partial charge is 0.243 e. The molecule has 16 heavy (non-hydrogen) atoms. The van der Waals surface area contributed by atoms with Crippen LogP contribution in [-0.2, 0) is 9.84 Å². The zero-order valence-corrected chi connectivity index (χ0v) is 9.90. The van der Waals surface area contributed by atoms with Crippen LogP contribution in [0.5, 0.6) is 0 Å². The Kier molecular flexibility index (Phi) is 2.98. The third kappa shape index (κ3) is 2.10. The summed E-state index contributed by atoms with van der Waals surface area (Å²) in [4.78, 5) is 4.05. The van der Waals surface area contributed by atoms with Crippen molar-refractivity contribution in [3.63, 3.8) is 0 Å². The van der Waals surface area contributed by atoms with Gasteiger partial charge in [-0.05, 0) is 19.8 Å². The van der Waals surface area contributed by atoms with Gasteiger partial charge in [0.25, 0.3) is 0 Å². The molecule has 2 N–H and O–H groups in total. The van der Waals surface area contributed by atoms with Crippen LogP contribution >= 0.6 is 0 Å². The number of hydrogen-bond donors (Lipinski definition) is 1. The second kappa shape index (κ2) is 4.14. The lowest BCUT2D eigenvalue weighted by atomic mass is 10.2. The van der Waals surface area contributed by atoms with Gasteiger partial charge in [-0.25, -0.2) is 8.42 Å². The van der Waals surface area contributed by atoms with Crippen molar-refractivity contribution in [2.24, 2.45) is 5.73 Å². The average Bonchev–Trinajstić information content (AvgIpc) is 2.65. The first kappa shape index (κ1) is 11.5. The average molecular weight is 245 g/mol. The highest BCUT2D eigenvalue weighted by Crippen LogP contribution is 2.31. The molecule has 1 aromatic rings. The Morgan fingerprint density at radius 1 is 1.50 bits per heavy atom. The maximum atomic E-state index is 11.8. The van der Waals surface area contributed by atoms with Gasteiger partial charge in [0.05, 0.1) is 11.8 Å². The second-order valence-electron chi connectivity index (χ2n) is 4.13. The van der Waals surface area contributed by atoms with Crippen LogP contribution in [0.4, 0.5) is 0 Å². The molecule has 0 aromatic carbocycles. The first-order valence-corrected chi connectivity index (χ1v) is 7.03. The summed E-state index contributed by atoms with van der Waals surface area (Å²) < 4.78 is 28.5. The van der Waals surface area contributed by atoms with E-state index < -0.39 is 15.1 Å². The molecule has 2 rings (SSSR count). The fraction of sp³-hybridized carbons (Fsp3) is 0.778. The van der Waals surface area contributed by atoms with E-state index in [1.165, 1.54) is 0 Å². The van der Waals surface area contributed by atoms with Gasteiger partial charge in [-0.3, -0.25) is 0 Å². The van der Waals surface area contributed by atoms with Gasteiger partial charge in [0.1, 0.15) is 5.25 Å². The SMILES string of the molecule is CC(N)c1nc(C2CCCCS2(=O)=O)no1. The molecule has 0 bridgehead atoms. The summed E-state index contributed by atoms with van der Waals surface area (Å²) in [5.74, 6) is 0.752. The van der Waals surface area contributed by atoms with Crippen molar-refractivity contribution in [2.45, 2.75) is 37.5 Å². The molecule has 0 saturated carbocycles. The lowest BCUT2D eigenvalue weighted by molar-refractivity contribution is 0.355. The molecule has 1 fully saturated rings. The van der Waals surface area contributed by atoms with Crippen molar-refractivity contribution in [2.75, 3.05) is 5.75 Å². The van der Waals surface area contributed by atoms with Crippen molar-refractivity contribution in [3.05, 3.63) is 11.7 Å². The van der Waals surface area contributed by atoms with Gasteiger partial charge in [-0.2, -0.15) is 4.98 Å². The molecule has 0 aliphatic carbocycles. The number of rotatable bonds is 2. The van der Waals surface area contributed by atoms with Crippen molar-refractivity contribution in [1.82, 2.24) is 10.1 Å². The molecular weight excluding hydrogens is 230 g/mol. The third-order valence-corrected chi connectivity index (χ3v) is 4.88. The zero-order chi connectivity index (χ0) is 11.8. The Morgan fingerprint density at radius 2 is 2.25 bits per heavy atom. The van der Waals surface area contributed by atoms with Gasteiger partial charge in [0.2, 0.25) is 5.89 Å². The number of nitrogens with zero attached hydrogens (tertiary/aromatic N) is 2. The van der Waals surface area contributed by atoms with E-state index in [9.17, 15) is 8.42 Å². The van der Waals surface area contributed by atoms with E-state index >= 15 is 0 Å². The minimum atomic E-state index is -3.11. The van der Waals surface area contributed by atoms with Gasteiger partial charge >= 0.3 is 0 Å². The molecule has 1 aliphatic rings. The van der Waals surface area contributed by atoms with E-state index in [0.717, 1.165) is 12.8 Å². The second-order valence-corrected chi connectivity index (χ2v) is 6.43. The summed E-state index contributed by atoms with van der Waals surface area (Å²) in [5, 5.41) is 3.10. The van der Waals surface area contributed by atoms with E-state index in [2.05, 4.69) is 10.1 Å². The quantitative estimate of drug-likeness (QED) is 0.824. The summed E-state index contributed by atoms with van der Waals surface area (Å²) in [6.45, 7) is 1.71. The van der Waals surface area contributed by atoms with E-state index in [-0.39, 0.29) is 23.5 Å². The fourth-order valence-corrected chi connectivity index (χ4v) is 3.64. The van der Waals surface area contributed by atoms with E-state index in [1.807, 2.05) is 0 Å². The highest BCUT2D eigenvalue weighted by atomic mass is 32.2. The number of sulfone groups is 1. The minimum absolute atomic E-state index is 0.208. The van der Waals surface area contributed by atoms with E-state index in [1.54, 1.807) is 6.92 Å². The molecule has 2 atom stereocenters. The van der Waals surface area contributed by atoms with Gasteiger partial charge in [-0.1, -0.05) is 11.6 Å². The van der Waals surface area contributed by atoms with E-state index in [4.69, 9.17) is 10.3 Å². The van der Waals surface area contributed by atoms with Crippen LogP contribution in [0, 0.1) is 0 Å². The van der Waals surface area contributed by atoms with Gasteiger partial charge in [-0.15, -0.1) is 0 Å². The summed E-state index contributed by atoms with van der Waals surface area (Å²) in [6.07, 6.45) is 2.17. The van der Waals surface area contributed by atoms with Crippen LogP contribution in [0.2, 0.25) is 0 Å². The Balaban J connectivity index is 2.29. The molecule has 2 heterocycles. The molecule has 1 aromatic heterocycles. The highest BCUT2D eigenvalue weighted by molar-refractivity contribution is 7.91. The molecular formula is C9H15N3O3S. The largest absolute Gasteiger partial charge is 0.338 e. The molecule has 7 heteroatoms. The summed E-state index contributed by atoms with van der Waals surface area (Å²) in [5.41, 5.74) is 5.58. The first-order chi connectivity index (χ1) is 7.50. The predicted molar refractivity (Wildman–Crippen MR) is 57.3 cm³/mol. The highest BCUT2D eigenvalue weighted by Gasteiger charge is 2.34. The van der Waals surface area contributed by atoms with Crippen LogP contribution in [0.1, 0.15) is 49.2 Å². The van der Waals surface area contributed by atoms with Crippen molar-refractivity contribution < 1.29 is 12.9 Å². The molecule has 90 valence electrons.